The molecule has 0 heterocycles. The predicted octanol–water partition coefficient (Wildman–Crippen LogP) is 5.24. The number of halogens is 2. The number of amides is 1. The van der Waals surface area contributed by atoms with Crippen molar-refractivity contribution in [3.05, 3.63) is 58.1 Å². The SMILES string of the molecule is CC(C)(C)C(=O)COc1cccc(NC(=O)c2ccc(Cl)c(Cl)c2)c1. The molecular weight excluding hydrogens is 361 g/mol. The van der Waals surface area contributed by atoms with Gasteiger partial charge >= 0.3 is 0 Å². The molecule has 0 bridgehead atoms. The van der Waals surface area contributed by atoms with Crippen LogP contribution < -0.4 is 10.1 Å². The van der Waals surface area contributed by atoms with Crippen LogP contribution in [0.15, 0.2) is 42.5 Å². The van der Waals surface area contributed by atoms with E-state index in [-0.39, 0.29) is 18.3 Å². The summed E-state index contributed by atoms with van der Waals surface area (Å²) in [5.41, 5.74) is 0.486. The lowest BCUT2D eigenvalue weighted by Crippen LogP contribution is -2.26. The van der Waals surface area contributed by atoms with E-state index in [4.69, 9.17) is 27.9 Å². The van der Waals surface area contributed by atoms with Gasteiger partial charge in [0.2, 0.25) is 0 Å². The van der Waals surface area contributed by atoms with Crippen LogP contribution in [0.1, 0.15) is 31.1 Å². The molecule has 0 aliphatic carbocycles. The molecule has 2 aromatic carbocycles. The molecule has 0 saturated carbocycles. The maximum Gasteiger partial charge on any atom is 0.255 e. The number of anilines is 1. The number of carbonyl (C=O) groups excluding carboxylic acids is 2. The van der Waals surface area contributed by atoms with E-state index in [1.54, 1.807) is 36.4 Å². The fourth-order valence-electron chi connectivity index (χ4n) is 1.87. The highest BCUT2D eigenvalue weighted by molar-refractivity contribution is 6.42. The molecule has 2 rings (SSSR count). The molecule has 0 radical (unpaired) electrons. The van der Waals surface area contributed by atoms with E-state index in [1.807, 2.05) is 20.8 Å². The Labute approximate surface area is 157 Å². The van der Waals surface area contributed by atoms with Gasteiger partial charge in [-0.3, -0.25) is 9.59 Å². The number of rotatable bonds is 5. The van der Waals surface area contributed by atoms with Gasteiger partial charge in [0.25, 0.3) is 5.91 Å². The van der Waals surface area contributed by atoms with Gasteiger partial charge in [0.1, 0.15) is 12.4 Å². The van der Waals surface area contributed by atoms with Crippen LogP contribution in [0.4, 0.5) is 5.69 Å². The van der Waals surface area contributed by atoms with E-state index in [0.717, 1.165) is 0 Å². The van der Waals surface area contributed by atoms with E-state index < -0.39 is 5.41 Å². The van der Waals surface area contributed by atoms with Crippen LogP contribution in [0.3, 0.4) is 0 Å². The average molecular weight is 380 g/mol. The van der Waals surface area contributed by atoms with Crippen molar-refractivity contribution in [2.75, 3.05) is 11.9 Å². The Morgan fingerprint density at radius 1 is 1.04 bits per heavy atom. The zero-order chi connectivity index (χ0) is 18.6. The first kappa shape index (κ1) is 19.3. The highest BCUT2D eigenvalue weighted by Gasteiger charge is 2.21. The molecule has 0 aliphatic heterocycles. The van der Waals surface area contributed by atoms with Crippen molar-refractivity contribution in [2.45, 2.75) is 20.8 Å². The number of ether oxygens (including phenoxy) is 1. The van der Waals surface area contributed by atoms with E-state index in [0.29, 0.717) is 27.0 Å². The van der Waals surface area contributed by atoms with Crippen LogP contribution >= 0.6 is 23.2 Å². The number of carbonyl (C=O) groups is 2. The first-order valence-electron chi connectivity index (χ1n) is 7.69. The summed E-state index contributed by atoms with van der Waals surface area (Å²) >= 11 is 11.8. The van der Waals surface area contributed by atoms with Crippen molar-refractivity contribution in [1.82, 2.24) is 0 Å². The van der Waals surface area contributed by atoms with Crippen LogP contribution in [-0.4, -0.2) is 18.3 Å². The highest BCUT2D eigenvalue weighted by atomic mass is 35.5. The third-order valence-electron chi connectivity index (χ3n) is 3.48. The van der Waals surface area contributed by atoms with Gasteiger partial charge in [0.05, 0.1) is 10.0 Å². The summed E-state index contributed by atoms with van der Waals surface area (Å²) in [7, 11) is 0. The number of benzene rings is 2. The quantitative estimate of drug-likeness (QED) is 0.772. The first-order valence-corrected chi connectivity index (χ1v) is 8.45. The second-order valence-electron chi connectivity index (χ2n) is 6.57. The third kappa shape index (κ3) is 5.48. The van der Waals surface area contributed by atoms with E-state index >= 15 is 0 Å². The van der Waals surface area contributed by atoms with Gasteiger partial charge in [-0.05, 0) is 30.3 Å². The van der Waals surface area contributed by atoms with Gasteiger partial charge < -0.3 is 10.1 Å². The topological polar surface area (TPSA) is 55.4 Å². The van der Waals surface area contributed by atoms with Crippen molar-refractivity contribution in [1.29, 1.82) is 0 Å². The molecule has 0 atom stereocenters. The molecule has 25 heavy (non-hydrogen) atoms. The summed E-state index contributed by atoms with van der Waals surface area (Å²) in [5, 5.41) is 3.46. The Bertz CT molecular complexity index is 797. The van der Waals surface area contributed by atoms with Crippen LogP contribution in [0, 0.1) is 5.41 Å². The molecule has 4 nitrogen and oxygen atoms in total. The van der Waals surface area contributed by atoms with Crippen LogP contribution in [0.5, 0.6) is 5.75 Å². The Morgan fingerprint density at radius 3 is 2.40 bits per heavy atom. The van der Waals surface area contributed by atoms with Crippen LogP contribution in [-0.2, 0) is 4.79 Å². The molecular formula is C19H19Cl2NO3. The molecule has 1 amide bonds. The summed E-state index contributed by atoms with van der Waals surface area (Å²) in [6.45, 7) is 5.50. The largest absolute Gasteiger partial charge is 0.486 e. The Kier molecular flexibility index (Phi) is 6.09. The van der Waals surface area contributed by atoms with Crippen molar-refractivity contribution < 1.29 is 14.3 Å². The van der Waals surface area contributed by atoms with Gasteiger partial charge in [-0.2, -0.15) is 0 Å². The van der Waals surface area contributed by atoms with Crippen molar-refractivity contribution in [3.63, 3.8) is 0 Å². The summed E-state index contributed by atoms with van der Waals surface area (Å²) in [6.07, 6.45) is 0. The molecule has 0 unspecified atom stereocenters. The smallest absolute Gasteiger partial charge is 0.255 e. The second kappa shape index (κ2) is 7.89. The van der Waals surface area contributed by atoms with E-state index in [9.17, 15) is 9.59 Å². The lowest BCUT2D eigenvalue weighted by molar-refractivity contribution is -0.128. The molecule has 0 aromatic heterocycles. The monoisotopic (exact) mass is 379 g/mol. The molecule has 1 N–H and O–H groups in total. The minimum Gasteiger partial charge on any atom is -0.486 e. The second-order valence-corrected chi connectivity index (χ2v) is 7.39. The van der Waals surface area contributed by atoms with Crippen molar-refractivity contribution in [2.24, 2.45) is 5.41 Å². The Balaban J connectivity index is 2.04. The van der Waals surface area contributed by atoms with Gasteiger partial charge in [-0.25, -0.2) is 0 Å². The highest BCUT2D eigenvalue weighted by Crippen LogP contribution is 2.24. The Hall–Kier alpha value is -2.04. The lowest BCUT2D eigenvalue weighted by Gasteiger charge is -2.17. The number of ketones is 1. The van der Waals surface area contributed by atoms with E-state index in [1.165, 1.54) is 6.07 Å². The summed E-state index contributed by atoms with van der Waals surface area (Å²) in [6, 6.07) is 11.5. The standard InChI is InChI=1S/C19H19Cl2NO3/c1-19(2,3)17(23)11-25-14-6-4-5-13(10-14)22-18(24)12-7-8-15(20)16(21)9-12/h4-10H,11H2,1-3H3,(H,22,24). The maximum atomic E-state index is 12.3. The molecule has 0 fully saturated rings. The molecule has 0 aliphatic rings. The molecule has 2 aromatic rings. The number of hydrogen-bond acceptors (Lipinski definition) is 3. The first-order chi connectivity index (χ1) is 11.7. The molecule has 132 valence electrons. The fourth-order valence-corrected chi connectivity index (χ4v) is 2.17. The van der Waals surface area contributed by atoms with Gasteiger partial charge in [-0.1, -0.05) is 50.0 Å². The molecule has 0 spiro atoms. The fraction of sp³-hybridized carbons (Fsp3) is 0.263. The minimum absolute atomic E-state index is 0.00209. The van der Waals surface area contributed by atoms with Crippen LogP contribution in [0.25, 0.3) is 0 Å². The van der Waals surface area contributed by atoms with Crippen LogP contribution in [0.2, 0.25) is 10.0 Å². The van der Waals surface area contributed by atoms with Crippen molar-refractivity contribution in [3.8, 4) is 5.75 Å². The summed E-state index contributed by atoms with van der Waals surface area (Å²) in [4.78, 5) is 24.2. The third-order valence-corrected chi connectivity index (χ3v) is 4.22. The minimum atomic E-state index is -0.459. The lowest BCUT2D eigenvalue weighted by atomic mass is 9.91. The van der Waals surface area contributed by atoms with E-state index in [2.05, 4.69) is 5.32 Å². The normalized spacial score (nSPS) is 11.1. The molecule has 0 saturated heterocycles. The number of hydrogen-bond donors (Lipinski definition) is 1. The summed E-state index contributed by atoms with van der Waals surface area (Å²) < 4.78 is 5.52. The molecule has 6 heteroatoms. The maximum absolute atomic E-state index is 12.3. The van der Waals surface area contributed by atoms with Gasteiger partial charge in [0, 0.05) is 22.7 Å². The zero-order valence-electron chi connectivity index (χ0n) is 14.2. The number of nitrogens with one attached hydrogen (secondary N) is 1. The van der Waals surface area contributed by atoms with Gasteiger partial charge in [-0.15, -0.1) is 0 Å². The average Bonchev–Trinajstić information content (AvgIpc) is 2.54. The summed E-state index contributed by atoms with van der Waals surface area (Å²) in [5.74, 6) is 0.184. The van der Waals surface area contributed by atoms with Crippen molar-refractivity contribution >= 4 is 40.6 Å². The number of Topliss-reactive ketones (excluding diaryl/α,β-unsaturated/α-hetero) is 1. The predicted molar refractivity (Wildman–Crippen MR) is 101 cm³/mol. The Morgan fingerprint density at radius 2 is 1.76 bits per heavy atom. The van der Waals surface area contributed by atoms with Gasteiger partial charge in [0.15, 0.2) is 5.78 Å². The zero-order valence-corrected chi connectivity index (χ0v) is 15.7.